The van der Waals surface area contributed by atoms with Gasteiger partial charge in [0.1, 0.15) is 30.1 Å². The van der Waals surface area contributed by atoms with Crippen LogP contribution in [0.2, 0.25) is 0 Å². The van der Waals surface area contributed by atoms with E-state index >= 15 is 0 Å². The Morgan fingerprint density at radius 3 is 2.45 bits per heavy atom. The Morgan fingerprint density at radius 2 is 1.85 bits per heavy atom. The molecule has 0 aliphatic carbocycles. The normalized spacial score (nSPS) is 9.10. The van der Waals surface area contributed by atoms with Crippen molar-refractivity contribution in [1.82, 2.24) is 4.98 Å². The molecule has 0 saturated heterocycles. The van der Waals surface area contributed by atoms with Gasteiger partial charge >= 0.3 is 0 Å². The Balaban J connectivity index is 2.01. The maximum Gasteiger partial charge on any atom is 0.130 e. The number of hydrogen-bond donors (Lipinski definition) is 0. The molecule has 1 heterocycles. The zero-order chi connectivity index (χ0) is 14.2. The van der Waals surface area contributed by atoms with E-state index in [4.69, 9.17) is 15.3 Å². The molecule has 4 nitrogen and oxygen atoms in total. The molecule has 1 aromatic heterocycles. The number of nitrogens with zero attached hydrogens (tertiary/aromatic N) is 3. The van der Waals surface area contributed by atoms with Gasteiger partial charge in [-0.15, -0.1) is 0 Å². The second kappa shape index (κ2) is 6.72. The van der Waals surface area contributed by atoms with Gasteiger partial charge in [-0.05, 0) is 35.9 Å². The largest absolute Gasteiger partial charge is 0.487 e. The summed E-state index contributed by atoms with van der Waals surface area (Å²) in [6.07, 6.45) is 3.25. The summed E-state index contributed by atoms with van der Waals surface area (Å²) in [5, 5.41) is 17.4. The monoisotopic (exact) mass is 261 g/mol. The molecular formula is C16H11N3O. The highest BCUT2D eigenvalue weighted by Crippen LogP contribution is 2.15. The summed E-state index contributed by atoms with van der Waals surface area (Å²) in [6.45, 7) is 0.400. The first-order valence-electron chi connectivity index (χ1n) is 5.96. The Bertz CT molecular complexity index is 660. The van der Waals surface area contributed by atoms with Crippen molar-refractivity contribution in [2.45, 2.75) is 6.61 Å². The lowest BCUT2D eigenvalue weighted by molar-refractivity contribution is 0.301. The maximum absolute atomic E-state index is 8.68. The second-order valence-electron chi connectivity index (χ2n) is 3.96. The molecule has 96 valence electrons. The van der Waals surface area contributed by atoms with Crippen LogP contribution >= 0.6 is 0 Å². The average molecular weight is 261 g/mol. The summed E-state index contributed by atoms with van der Waals surface area (Å²) in [7, 11) is 0. The van der Waals surface area contributed by atoms with Gasteiger partial charge in [0.05, 0.1) is 5.69 Å². The van der Waals surface area contributed by atoms with Gasteiger partial charge in [0, 0.05) is 6.20 Å². The van der Waals surface area contributed by atoms with E-state index in [1.54, 1.807) is 30.5 Å². The minimum absolute atomic E-state index is 0.0761. The molecule has 0 N–H and O–H groups in total. The van der Waals surface area contributed by atoms with Crippen LogP contribution in [0.5, 0.6) is 5.75 Å². The number of rotatable bonds is 4. The quantitative estimate of drug-likeness (QED) is 0.793. The summed E-state index contributed by atoms with van der Waals surface area (Å²) in [5.41, 5.74) is 1.72. The van der Waals surface area contributed by atoms with Crippen LogP contribution < -0.4 is 4.74 Å². The van der Waals surface area contributed by atoms with E-state index in [-0.39, 0.29) is 5.57 Å². The van der Waals surface area contributed by atoms with Gasteiger partial charge in [-0.3, -0.25) is 4.98 Å². The zero-order valence-electron chi connectivity index (χ0n) is 10.7. The van der Waals surface area contributed by atoms with E-state index in [1.165, 1.54) is 6.08 Å². The highest BCUT2D eigenvalue weighted by Gasteiger charge is 1.98. The highest BCUT2D eigenvalue weighted by atomic mass is 16.5. The number of pyridine rings is 1. The van der Waals surface area contributed by atoms with Crippen LogP contribution in [0.1, 0.15) is 11.3 Å². The minimum Gasteiger partial charge on any atom is -0.487 e. The first-order chi connectivity index (χ1) is 9.81. The molecule has 0 aliphatic heterocycles. The van der Waals surface area contributed by atoms with E-state index in [0.29, 0.717) is 12.4 Å². The molecule has 0 atom stereocenters. The maximum atomic E-state index is 8.68. The van der Waals surface area contributed by atoms with Gasteiger partial charge in [0.15, 0.2) is 0 Å². The first-order valence-corrected chi connectivity index (χ1v) is 5.96. The van der Waals surface area contributed by atoms with Gasteiger partial charge in [-0.2, -0.15) is 10.5 Å². The van der Waals surface area contributed by atoms with Crippen LogP contribution in [0.4, 0.5) is 0 Å². The molecule has 0 spiro atoms. The van der Waals surface area contributed by atoms with E-state index in [1.807, 2.05) is 30.3 Å². The van der Waals surface area contributed by atoms with Gasteiger partial charge in [0.25, 0.3) is 0 Å². The number of benzene rings is 1. The van der Waals surface area contributed by atoms with Crippen LogP contribution in [0.15, 0.2) is 54.2 Å². The topological polar surface area (TPSA) is 69.7 Å². The van der Waals surface area contributed by atoms with Crippen LogP contribution in [0.25, 0.3) is 6.08 Å². The van der Waals surface area contributed by atoms with Crippen molar-refractivity contribution in [3.63, 3.8) is 0 Å². The first kappa shape index (κ1) is 13.3. The third-order valence-corrected chi connectivity index (χ3v) is 2.54. The summed E-state index contributed by atoms with van der Waals surface area (Å²) >= 11 is 0. The summed E-state index contributed by atoms with van der Waals surface area (Å²) < 4.78 is 5.59. The molecule has 2 aromatic rings. The minimum atomic E-state index is 0.0761. The average Bonchev–Trinajstić information content (AvgIpc) is 2.53. The van der Waals surface area contributed by atoms with Gasteiger partial charge in [-0.25, -0.2) is 0 Å². The third-order valence-electron chi connectivity index (χ3n) is 2.54. The van der Waals surface area contributed by atoms with Crippen molar-refractivity contribution in [3.8, 4) is 17.9 Å². The Kier molecular flexibility index (Phi) is 4.48. The summed E-state index contributed by atoms with van der Waals surface area (Å²) in [4.78, 5) is 4.17. The molecular weight excluding hydrogens is 250 g/mol. The third kappa shape index (κ3) is 3.69. The Labute approximate surface area is 117 Å². The van der Waals surface area contributed by atoms with Crippen molar-refractivity contribution in [2.24, 2.45) is 0 Å². The Morgan fingerprint density at radius 1 is 1.10 bits per heavy atom. The lowest BCUT2D eigenvalue weighted by atomic mass is 10.1. The van der Waals surface area contributed by atoms with E-state index in [2.05, 4.69) is 4.98 Å². The fourth-order valence-corrected chi connectivity index (χ4v) is 1.56. The van der Waals surface area contributed by atoms with Crippen molar-refractivity contribution >= 4 is 6.08 Å². The van der Waals surface area contributed by atoms with Crippen molar-refractivity contribution in [2.75, 3.05) is 0 Å². The number of allylic oxidation sites excluding steroid dienone is 1. The van der Waals surface area contributed by atoms with Crippen LogP contribution in [0, 0.1) is 22.7 Å². The highest BCUT2D eigenvalue weighted by molar-refractivity contribution is 5.62. The number of nitriles is 2. The van der Waals surface area contributed by atoms with Crippen molar-refractivity contribution in [1.29, 1.82) is 10.5 Å². The van der Waals surface area contributed by atoms with Crippen LogP contribution in [-0.4, -0.2) is 4.98 Å². The number of ether oxygens (including phenoxy) is 1. The van der Waals surface area contributed by atoms with Crippen molar-refractivity contribution in [3.05, 3.63) is 65.5 Å². The molecule has 0 bridgehead atoms. The SMILES string of the molecule is N#CC(C#N)=Cc1ccc(OCc2ccccn2)cc1. The van der Waals surface area contributed by atoms with E-state index < -0.39 is 0 Å². The molecule has 20 heavy (non-hydrogen) atoms. The molecule has 1 aromatic carbocycles. The fourth-order valence-electron chi connectivity index (χ4n) is 1.56. The Hall–Kier alpha value is -3.11. The second-order valence-corrected chi connectivity index (χ2v) is 3.96. The molecule has 2 rings (SSSR count). The molecule has 0 fully saturated rings. The lowest BCUT2D eigenvalue weighted by Gasteiger charge is -2.05. The number of aromatic nitrogens is 1. The van der Waals surface area contributed by atoms with E-state index in [9.17, 15) is 0 Å². The summed E-state index contributed by atoms with van der Waals surface area (Å²) in [6, 6.07) is 16.5. The van der Waals surface area contributed by atoms with E-state index in [0.717, 1.165) is 11.3 Å². The van der Waals surface area contributed by atoms with Crippen molar-refractivity contribution < 1.29 is 4.74 Å². The molecule has 4 heteroatoms. The van der Waals surface area contributed by atoms with Gasteiger partial charge in [0.2, 0.25) is 0 Å². The summed E-state index contributed by atoms with van der Waals surface area (Å²) in [5.74, 6) is 0.711. The predicted molar refractivity (Wildman–Crippen MR) is 74.2 cm³/mol. The zero-order valence-corrected chi connectivity index (χ0v) is 10.7. The van der Waals surface area contributed by atoms with Crippen LogP contribution in [-0.2, 0) is 6.61 Å². The van der Waals surface area contributed by atoms with Gasteiger partial charge in [-0.1, -0.05) is 18.2 Å². The molecule has 0 unspecified atom stereocenters. The fraction of sp³-hybridized carbons (Fsp3) is 0.0625. The molecule has 0 radical (unpaired) electrons. The van der Waals surface area contributed by atoms with Crippen LogP contribution in [0.3, 0.4) is 0 Å². The molecule has 0 aliphatic rings. The van der Waals surface area contributed by atoms with Gasteiger partial charge < -0.3 is 4.74 Å². The molecule has 0 saturated carbocycles. The number of hydrogen-bond acceptors (Lipinski definition) is 4. The lowest BCUT2D eigenvalue weighted by Crippen LogP contribution is -1.97. The molecule has 0 amide bonds. The smallest absolute Gasteiger partial charge is 0.130 e. The predicted octanol–water partition coefficient (Wildman–Crippen LogP) is 3.09. The standard InChI is InChI=1S/C16H11N3O/c17-10-14(11-18)9-13-4-6-16(7-5-13)20-12-15-3-1-2-8-19-15/h1-9H,12H2.